The van der Waals surface area contributed by atoms with E-state index >= 15 is 0 Å². The molecule has 0 aliphatic carbocycles. The SMILES string of the molecule is ON1C=NNC1c1ccccc1C(F)(F)F. The van der Waals surface area contributed by atoms with E-state index in [2.05, 4.69) is 10.5 Å². The summed E-state index contributed by atoms with van der Waals surface area (Å²) in [5, 5.41) is 13.4. The molecule has 0 spiro atoms. The van der Waals surface area contributed by atoms with Crippen molar-refractivity contribution in [2.75, 3.05) is 0 Å². The topological polar surface area (TPSA) is 47.9 Å². The van der Waals surface area contributed by atoms with Crippen LogP contribution in [0.15, 0.2) is 29.4 Å². The zero-order chi connectivity index (χ0) is 11.8. The molecule has 86 valence electrons. The summed E-state index contributed by atoms with van der Waals surface area (Å²) in [5.74, 6) is 0. The smallest absolute Gasteiger partial charge is 0.285 e. The molecule has 0 radical (unpaired) electrons. The van der Waals surface area contributed by atoms with Crippen molar-refractivity contribution in [3.63, 3.8) is 0 Å². The van der Waals surface area contributed by atoms with Crippen molar-refractivity contribution < 1.29 is 18.4 Å². The Morgan fingerprint density at radius 1 is 1.31 bits per heavy atom. The van der Waals surface area contributed by atoms with Crippen LogP contribution in [0.2, 0.25) is 0 Å². The lowest BCUT2D eigenvalue weighted by Gasteiger charge is -2.21. The summed E-state index contributed by atoms with van der Waals surface area (Å²) >= 11 is 0. The maximum Gasteiger partial charge on any atom is 0.416 e. The minimum Gasteiger partial charge on any atom is -0.285 e. The van der Waals surface area contributed by atoms with Gasteiger partial charge in [-0.3, -0.25) is 10.6 Å². The molecule has 1 atom stereocenters. The quantitative estimate of drug-likeness (QED) is 0.776. The number of nitrogens with zero attached hydrogens (tertiary/aromatic N) is 2. The van der Waals surface area contributed by atoms with Crippen LogP contribution in [0.25, 0.3) is 0 Å². The first-order chi connectivity index (χ1) is 7.50. The van der Waals surface area contributed by atoms with Gasteiger partial charge in [0, 0.05) is 5.56 Å². The highest BCUT2D eigenvalue weighted by molar-refractivity contribution is 5.56. The van der Waals surface area contributed by atoms with Gasteiger partial charge in [-0.15, -0.1) is 0 Å². The molecular weight excluding hydrogens is 223 g/mol. The van der Waals surface area contributed by atoms with Gasteiger partial charge in [-0.25, -0.2) is 5.06 Å². The zero-order valence-electron chi connectivity index (χ0n) is 7.94. The molecule has 0 aromatic heterocycles. The number of hydrogen-bond donors (Lipinski definition) is 2. The van der Waals surface area contributed by atoms with Crippen LogP contribution >= 0.6 is 0 Å². The predicted molar refractivity (Wildman–Crippen MR) is 49.4 cm³/mol. The Balaban J connectivity index is 2.41. The summed E-state index contributed by atoms with van der Waals surface area (Å²) < 4.78 is 38.0. The van der Waals surface area contributed by atoms with Crippen LogP contribution in [-0.2, 0) is 6.18 Å². The molecule has 0 saturated heterocycles. The Bertz CT molecular complexity index is 419. The highest BCUT2D eigenvalue weighted by atomic mass is 19.4. The fourth-order valence-electron chi connectivity index (χ4n) is 1.49. The zero-order valence-corrected chi connectivity index (χ0v) is 7.94. The van der Waals surface area contributed by atoms with Gasteiger partial charge in [0.2, 0.25) is 0 Å². The molecule has 0 saturated carbocycles. The van der Waals surface area contributed by atoms with E-state index in [-0.39, 0.29) is 5.56 Å². The van der Waals surface area contributed by atoms with Crippen LogP contribution in [0, 0.1) is 0 Å². The molecule has 1 unspecified atom stereocenters. The second-order valence-electron chi connectivity index (χ2n) is 3.24. The minimum atomic E-state index is -4.46. The van der Waals surface area contributed by atoms with E-state index in [1.807, 2.05) is 0 Å². The van der Waals surface area contributed by atoms with Gasteiger partial charge in [-0.05, 0) is 6.07 Å². The summed E-state index contributed by atoms with van der Waals surface area (Å²) in [6, 6.07) is 5.02. The Kier molecular flexibility index (Phi) is 2.47. The molecule has 0 bridgehead atoms. The first kappa shape index (κ1) is 10.7. The highest BCUT2D eigenvalue weighted by Crippen LogP contribution is 2.35. The van der Waals surface area contributed by atoms with E-state index in [1.165, 1.54) is 18.2 Å². The summed E-state index contributed by atoms with van der Waals surface area (Å²) in [5.41, 5.74) is 1.51. The molecule has 1 aliphatic heterocycles. The van der Waals surface area contributed by atoms with E-state index in [0.29, 0.717) is 5.06 Å². The molecule has 1 aromatic carbocycles. The van der Waals surface area contributed by atoms with Gasteiger partial charge in [-0.2, -0.15) is 18.3 Å². The second-order valence-corrected chi connectivity index (χ2v) is 3.24. The van der Waals surface area contributed by atoms with E-state index in [4.69, 9.17) is 0 Å². The molecule has 2 rings (SSSR count). The molecule has 1 aromatic rings. The maximum absolute atomic E-state index is 12.7. The van der Waals surface area contributed by atoms with Crippen LogP contribution < -0.4 is 5.43 Å². The summed E-state index contributed by atoms with van der Waals surface area (Å²) in [7, 11) is 0. The number of benzene rings is 1. The number of alkyl halides is 3. The van der Waals surface area contributed by atoms with Crippen molar-refractivity contribution in [2.45, 2.75) is 12.3 Å². The van der Waals surface area contributed by atoms with Gasteiger partial charge in [-0.1, -0.05) is 18.2 Å². The van der Waals surface area contributed by atoms with E-state index in [1.54, 1.807) is 0 Å². The van der Waals surface area contributed by atoms with E-state index in [0.717, 1.165) is 12.4 Å². The molecule has 1 heterocycles. The minimum absolute atomic E-state index is 0.0741. The number of hydrogen-bond acceptors (Lipinski definition) is 4. The lowest BCUT2D eigenvalue weighted by Crippen LogP contribution is -2.28. The van der Waals surface area contributed by atoms with E-state index < -0.39 is 17.9 Å². The van der Waals surface area contributed by atoms with Crippen LogP contribution in [0.5, 0.6) is 0 Å². The Hall–Kier alpha value is -1.76. The Morgan fingerprint density at radius 2 is 2.00 bits per heavy atom. The lowest BCUT2D eigenvalue weighted by atomic mass is 10.0. The van der Waals surface area contributed by atoms with Gasteiger partial charge < -0.3 is 0 Å². The standard InChI is InChI=1S/C9H8F3N3O/c10-9(11,12)7-4-2-1-3-6(7)8-14-13-5-15(8)16/h1-5,8,14,16H. The van der Waals surface area contributed by atoms with Crippen molar-refractivity contribution in [1.29, 1.82) is 0 Å². The Morgan fingerprint density at radius 3 is 2.56 bits per heavy atom. The summed E-state index contributed by atoms with van der Waals surface area (Å²) in [4.78, 5) is 0. The number of hydroxylamine groups is 2. The van der Waals surface area contributed by atoms with Crippen LogP contribution in [0.1, 0.15) is 17.3 Å². The monoisotopic (exact) mass is 231 g/mol. The van der Waals surface area contributed by atoms with Crippen molar-refractivity contribution in [2.24, 2.45) is 5.10 Å². The molecule has 7 heteroatoms. The summed E-state index contributed by atoms with van der Waals surface area (Å²) in [6.45, 7) is 0. The summed E-state index contributed by atoms with van der Waals surface area (Å²) in [6.07, 6.45) is -4.45. The third-order valence-electron chi connectivity index (χ3n) is 2.20. The number of rotatable bonds is 1. The van der Waals surface area contributed by atoms with Gasteiger partial charge >= 0.3 is 6.18 Å². The van der Waals surface area contributed by atoms with Gasteiger partial charge in [0.15, 0.2) is 6.17 Å². The number of halogens is 3. The van der Waals surface area contributed by atoms with Crippen LogP contribution in [0.3, 0.4) is 0 Å². The molecule has 16 heavy (non-hydrogen) atoms. The van der Waals surface area contributed by atoms with Gasteiger partial charge in [0.05, 0.1) is 5.56 Å². The van der Waals surface area contributed by atoms with Crippen molar-refractivity contribution in [3.8, 4) is 0 Å². The fraction of sp³-hybridized carbons (Fsp3) is 0.222. The molecule has 1 aliphatic rings. The van der Waals surface area contributed by atoms with Crippen LogP contribution in [0.4, 0.5) is 13.2 Å². The molecular formula is C9H8F3N3O. The highest BCUT2D eigenvalue weighted by Gasteiger charge is 2.36. The third kappa shape index (κ3) is 1.81. The van der Waals surface area contributed by atoms with Crippen molar-refractivity contribution >= 4 is 6.34 Å². The largest absolute Gasteiger partial charge is 0.416 e. The lowest BCUT2D eigenvalue weighted by molar-refractivity contribution is -0.140. The molecule has 0 fully saturated rings. The van der Waals surface area contributed by atoms with Gasteiger partial charge in [0.25, 0.3) is 0 Å². The Labute approximate surface area is 88.9 Å². The first-order valence-corrected chi connectivity index (χ1v) is 4.42. The average Bonchev–Trinajstić information content (AvgIpc) is 2.63. The fourth-order valence-corrected chi connectivity index (χ4v) is 1.49. The number of nitrogens with one attached hydrogen (secondary N) is 1. The van der Waals surface area contributed by atoms with Crippen molar-refractivity contribution in [3.05, 3.63) is 35.4 Å². The molecule has 0 amide bonds. The second kappa shape index (κ2) is 3.67. The normalized spacial score (nSPS) is 20.0. The molecule has 2 N–H and O–H groups in total. The van der Waals surface area contributed by atoms with E-state index in [9.17, 15) is 18.4 Å². The first-order valence-electron chi connectivity index (χ1n) is 4.42. The third-order valence-corrected chi connectivity index (χ3v) is 2.20. The maximum atomic E-state index is 12.7. The van der Waals surface area contributed by atoms with Crippen molar-refractivity contribution in [1.82, 2.24) is 10.5 Å². The predicted octanol–water partition coefficient (Wildman–Crippen LogP) is 1.94. The molecule has 4 nitrogen and oxygen atoms in total. The van der Waals surface area contributed by atoms with Gasteiger partial charge in [0.1, 0.15) is 6.34 Å². The number of hydrazone groups is 1. The van der Waals surface area contributed by atoms with Crippen LogP contribution in [-0.4, -0.2) is 16.6 Å². The average molecular weight is 231 g/mol.